The Labute approximate surface area is 124 Å². The largest absolute Gasteiger partial charge is 0.380 e. The molecule has 0 radical (unpaired) electrons. The Morgan fingerprint density at radius 3 is 2.75 bits per heavy atom. The van der Waals surface area contributed by atoms with Crippen LogP contribution in [0.3, 0.4) is 0 Å². The molecule has 0 aromatic heterocycles. The highest BCUT2D eigenvalue weighted by Gasteiger charge is 2.41. The van der Waals surface area contributed by atoms with Crippen LogP contribution in [0.2, 0.25) is 0 Å². The zero-order valence-corrected chi connectivity index (χ0v) is 13.5. The van der Waals surface area contributed by atoms with Crippen molar-refractivity contribution in [3.05, 3.63) is 0 Å². The lowest BCUT2D eigenvalue weighted by atomic mass is 9.80. The summed E-state index contributed by atoms with van der Waals surface area (Å²) >= 11 is 0. The molecule has 118 valence electrons. The van der Waals surface area contributed by atoms with Crippen molar-refractivity contribution in [3.8, 4) is 0 Å². The van der Waals surface area contributed by atoms with Crippen molar-refractivity contribution >= 4 is 0 Å². The van der Waals surface area contributed by atoms with Crippen molar-refractivity contribution in [1.82, 2.24) is 5.32 Å². The van der Waals surface area contributed by atoms with E-state index in [-0.39, 0.29) is 5.60 Å². The Hall–Kier alpha value is -0.120. The van der Waals surface area contributed by atoms with Gasteiger partial charge in [-0.3, -0.25) is 0 Å². The highest BCUT2D eigenvalue weighted by molar-refractivity contribution is 4.94. The summed E-state index contributed by atoms with van der Waals surface area (Å²) in [4.78, 5) is 0. The normalized spacial score (nSPS) is 27.0. The fraction of sp³-hybridized carbons (Fsp3) is 1.00. The molecule has 1 N–H and O–H groups in total. The second kappa shape index (κ2) is 8.35. The molecule has 1 spiro atoms. The maximum atomic E-state index is 6.17. The quantitative estimate of drug-likeness (QED) is 0.691. The van der Waals surface area contributed by atoms with E-state index in [4.69, 9.17) is 9.47 Å². The summed E-state index contributed by atoms with van der Waals surface area (Å²) in [6.07, 6.45) is 10.00. The molecule has 1 aliphatic carbocycles. The zero-order valence-electron chi connectivity index (χ0n) is 13.5. The van der Waals surface area contributed by atoms with Gasteiger partial charge in [0.05, 0.1) is 12.2 Å². The van der Waals surface area contributed by atoms with Crippen LogP contribution in [0.1, 0.15) is 65.2 Å². The van der Waals surface area contributed by atoms with Gasteiger partial charge >= 0.3 is 0 Å². The lowest BCUT2D eigenvalue weighted by Gasteiger charge is -2.41. The number of nitrogens with one attached hydrogen (secondary N) is 1. The van der Waals surface area contributed by atoms with E-state index in [9.17, 15) is 0 Å². The van der Waals surface area contributed by atoms with Gasteiger partial charge in [0.1, 0.15) is 0 Å². The lowest BCUT2D eigenvalue weighted by Crippen LogP contribution is -2.48. The fourth-order valence-corrected chi connectivity index (χ4v) is 3.82. The molecular weight excluding hydrogens is 250 g/mol. The third-order valence-corrected chi connectivity index (χ3v) is 4.92. The Kier molecular flexibility index (Phi) is 6.79. The first-order chi connectivity index (χ1) is 9.79. The molecule has 2 rings (SSSR count). The number of hydrogen-bond donors (Lipinski definition) is 1. The molecule has 1 aliphatic heterocycles. The summed E-state index contributed by atoms with van der Waals surface area (Å²) in [6.45, 7) is 8.22. The van der Waals surface area contributed by atoms with Gasteiger partial charge in [-0.1, -0.05) is 26.7 Å². The molecule has 1 heterocycles. The lowest BCUT2D eigenvalue weighted by molar-refractivity contribution is -0.102. The predicted molar refractivity (Wildman–Crippen MR) is 83.1 cm³/mol. The Bertz CT molecular complexity index is 264. The smallest absolute Gasteiger partial charge is 0.0685 e. The van der Waals surface area contributed by atoms with E-state index in [0.29, 0.717) is 6.04 Å². The maximum absolute atomic E-state index is 6.17. The van der Waals surface area contributed by atoms with Gasteiger partial charge in [-0.05, 0) is 51.0 Å². The molecule has 0 aromatic rings. The Morgan fingerprint density at radius 2 is 2.05 bits per heavy atom. The molecule has 1 saturated heterocycles. The van der Waals surface area contributed by atoms with Gasteiger partial charge in [-0.25, -0.2) is 0 Å². The average molecular weight is 283 g/mol. The predicted octanol–water partition coefficient (Wildman–Crippen LogP) is 3.52. The van der Waals surface area contributed by atoms with Crippen molar-refractivity contribution < 1.29 is 9.47 Å². The van der Waals surface area contributed by atoms with Crippen LogP contribution in [0, 0.1) is 5.92 Å². The van der Waals surface area contributed by atoms with Crippen molar-refractivity contribution in [2.45, 2.75) is 76.9 Å². The molecule has 2 unspecified atom stereocenters. The van der Waals surface area contributed by atoms with Crippen LogP contribution in [0.4, 0.5) is 0 Å². The minimum absolute atomic E-state index is 0.222. The van der Waals surface area contributed by atoms with E-state index in [1.165, 1.54) is 44.9 Å². The van der Waals surface area contributed by atoms with Gasteiger partial charge in [0.2, 0.25) is 0 Å². The summed E-state index contributed by atoms with van der Waals surface area (Å²) in [5.74, 6) is 0.727. The van der Waals surface area contributed by atoms with E-state index in [1.54, 1.807) is 0 Å². The number of rotatable bonds is 8. The summed E-state index contributed by atoms with van der Waals surface area (Å²) in [5.41, 5.74) is 0.222. The van der Waals surface area contributed by atoms with Crippen LogP contribution in [0.5, 0.6) is 0 Å². The van der Waals surface area contributed by atoms with Crippen LogP contribution in [-0.2, 0) is 9.47 Å². The SMILES string of the molecule is CCCNC(COCCC)C1CCOC2(CCCC2)C1. The van der Waals surface area contributed by atoms with E-state index >= 15 is 0 Å². The molecular formula is C17H33NO2. The van der Waals surface area contributed by atoms with Gasteiger partial charge in [0.15, 0.2) is 0 Å². The second-order valence-corrected chi connectivity index (χ2v) is 6.63. The third-order valence-electron chi connectivity index (χ3n) is 4.92. The topological polar surface area (TPSA) is 30.5 Å². The van der Waals surface area contributed by atoms with Gasteiger partial charge in [-0.2, -0.15) is 0 Å². The molecule has 2 aliphatic rings. The third kappa shape index (κ3) is 4.44. The van der Waals surface area contributed by atoms with Crippen LogP contribution in [0.25, 0.3) is 0 Å². The highest BCUT2D eigenvalue weighted by Crippen LogP contribution is 2.42. The Balaban J connectivity index is 1.88. The van der Waals surface area contributed by atoms with Crippen molar-refractivity contribution in [3.63, 3.8) is 0 Å². The molecule has 2 fully saturated rings. The summed E-state index contributed by atoms with van der Waals surface area (Å²) in [7, 11) is 0. The summed E-state index contributed by atoms with van der Waals surface area (Å²) in [5, 5.41) is 3.72. The average Bonchev–Trinajstić information content (AvgIpc) is 2.90. The van der Waals surface area contributed by atoms with Crippen LogP contribution in [0.15, 0.2) is 0 Å². The number of hydrogen-bond acceptors (Lipinski definition) is 3. The molecule has 1 saturated carbocycles. The standard InChI is InChI=1S/C17H33NO2/c1-3-10-18-16(14-19-11-4-2)15-7-12-20-17(13-15)8-5-6-9-17/h15-16,18H,3-14H2,1-2H3. The van der Waals surface area contributed by atoms with Gasteiger partial charge in [0.25, 0.3) is 0 Å². The molecule has 3 nitrogen and oxygen atoms in total. The fourth-order valence-electron chi connectivity index (χ4n) is 3.82. The number of ether oxygens (including phenoxy) is 2. The molecule has 3 heteroatoms. The minimum Gasteiger partial charge on any atom is -0.380 e. The van der Waals surface area contributed by atoms with Crippen LogP contribution < -0.4 is 5.32 Å². The van der Waals surface area contributed by atoms with Crippen molar-refractivity contribution in [1.29, 1.82) is 0 Å². The van der Waals surface area contributed by atoms with Crippen molar-refractivity contribution in [2.75, 3.05) is 26.4 Å². The molecule has 0 bridgehead atoms. The first kappa shape index (κ1) is 16.3. The second-order valence-electron chi connectivity index (χ2n) is 6.63. The van der Waals surface area contributed by atoms with E-state index in [1.807, 2.05) is 0 Å². The van der Waals surface area contributed by atoms with Crippen LogP contribution in [-0.4, -0.2) is 38.0 Å². The molecule has 20 heavy (non-hydrogen) atoms. The minimum atomic E-state index is 0.222. The highest BCUT2D eigenvalue weighted by atomic mass is 16.5. The summed E-state index contributed by atoms with van der Waals surface area (Å²) in [6, 6.07) is 0.517. The first-order valence-corrected chi connectivity index (χ1v) is 8.75. The maximum Gasteiger partial charge on any atom is 0.0685 e. The van der Waals surface area contributed by atoms with E-state index < -0.39 is 0 Å². The monoisotopic (exact) mass is 283 g/mol. The van der Waals surface area contributed by atoms with Crippen molar-refractivity contribution in [2.24, 2.45) is 5.92 Å². The summed E-state index contributed by atoms with van der Waals surface area (Å²) < 4.78 is 12.0. The van der Waals surface area contributed by atoms with E-state index in [0.717, 1.165) is 38.7 Å². The first-order valence-electron chi connectivity index (χ1n) is 8.75. The van der Waals surface area contributed by atoms with Crippen LogP contribution >= 0.6 is 0 Å². The van der Waals surface area contributed by atoms with Gasteiger partial charge in [-0.15, -0.1) is 0 Å². The van der Waals surface area contributed by atoms with E-state index in [2.05, 4.69) is 19.2 Å². The van der Waals surface area contributed by atoms with Gasteiger partial charge < -0.3 is 14.8 Å². The molecule has 0 amide bonds. The Morgan fingerprint density at radius 1 is 1.25 bits per heavy atom. The molecule has 0 aromatic carbocycles. The molecule has 2 atom stereocenters. The zero-order chi connectivity index (χ0) is 14.3. The van der Waals surface area contributed by atoms with Gasteiger partial charge in [0, 0.05) is 19.3 Å².